The third-order valence-corrected chi connectivity index (χ3v) is 7.05. The Morgan fingerprint density at radius 2 is 1.56 bits per heavy atom. The van der Waals surface area contributed by atoms with Gasteiger partial charge in [-0.05, 0) is 42.0 Å². The molecule has 0 saturated heterocycles. The third-order valence-electron chi connectivity index (χ3n) is 6.03. The molecule has 7 aromatic rings. The van der Waals surface area contributed by atoms with Crippen molar-refractivity contribution < 1.29 is 8.78 Å². The van der Waals surface area contributed by atoms with Gasteiger partial charge >= 0.3 is 0 Å². The average Bonchev–Trinajstić information content (AvgIpc) is 3.40. The van der Waals surface area contributed by atoms with Crippen molar-refractivity contribution in [2.75, 3.05) is 0 Å². The van der Waals surface area contributed by atoms with Crippen LogP contribution < -0.4 is 0 Å². The predicted molar refractivity (Wildman–Crippen MR) is 132 cm³/mol. The lowest BCUT2D eigenvalue weighted by Crippen LogP contribution is -1.94. The molecule has 0 aliphatic heterocycles. The first-order chi connectivity index (χ1) is 16.7. The number of rotatable bonds is 2. The lowest BCUT2D eigenvalue weighted by Gasteiger charge is -2.10. The molecule has 0 bridgehead atoms. The number of para-hydroxylation sites is 2. The number of nitrogens with zero attached hydrogens (tertiary/aromatic N) is 4. The first-order valence-electron chi connectivity index (χ1n) is 10.7. The highest BCUT2D eigenvalue weighted by Crippen LogP contribution is 2.38. The van der Waals surface area contributed by atoms with Crippen molar-refractivity contribution in [2.24, 2.45) is 0 Å². The normalized spacial score (nSPS) is 11.8. The van der Waals surface area contributed by atoms with Gasteiger partial charge in [0.2, 0.25) is 11.9 Å². The number of pyridine rings is 2. The van der Waals surface area contributed by atoms with Crippen LogP contribution in [0.1, 0.15) is 0 Å². The summed E-state index contributed by atoms with van der Waals surface area (Å²) < 4.78 is 31.1. The van der Waals surface area contributed by atoms with E-state index in [9.17, 15) is 8.78 Å². The van der Waals surface area contributed by atoms with E-state index in [0.717, 1.165) is 54.4 Å². The van der Waals surface area contributed by atoms with E-state index in [2.05, 4.69) is 21.5 Å². The van der Waals surface area contributed by atoms with Gasteiger partial charge in [-0.1, -0.05) is 59.9 Å². The molecule has 162 valence electrons. The maximum atomic E-state index is 14.4. The largest absolute Gasteiger partial charge is 0.281 e. The molecule has 0 spiro atoms. The molecule has 0 radical (unpaired) electrons. The average molecular weight is 465 g/mol. The molecule has 34 heavy (non-hydrogen) atoms. The van der Waals surface area contributed by atoms with Gasteiger partial charge < -0.3 is 0 Å². The van der Waals surface area contributed by atoms with Gasteiger partial charge in [0.05, 0.1) is 21.4 Å². The van der Waals surface area contributed by atoms with E-state index in [0.29, 0.717) is 5.56 Å². The van der Waals surface area contributed by atoms with Crippen molar-refractivity contribution in [1.29, 1.82) is 0 Å². The van der Waals surface area contributed by atoms with Crippen molar-refractivity contribution in [3.05, 3.63) is 96.8 Å². The molecular weight excluding hydrogens is 450 g/mol. The Balaban J connectivity index is 1.59. The van der Waals surface area contributed by atoms with Crippen molar-refractivity contribution >= 4 is 48.5 Å². The predicted octanol–water partition coefficient (Wildman–Crippen LogP) is 7.26. The van der Waals surface area contributed by atoms with Crippen LogP contribution in [0, 0.1) is 11.9 Å². The van der Waals surface area contributed by atoms with Gasteiger partial charge in [-0.2, -0.15) is 13.8 Å². The van der Waals surface area contributed by atoms with Crippen LogP contribution in [-0.4, -0.2) is 19.4 Å². The van der Waals surface area contributed by atoms with Crippen LogP contribution >= 0.6 is 11.3 Å². The molecule has 0 amide bonds. The fourth-order valence-corrected chi connectivity index (χ4v) is 5.56. The third kappa shape index (κ3) is 2.77. The summed E-state index contributed by atoms with van der Waals surface area (Å²) in [5.74, 6) is -1.69. The smallest absolute Gasteiger partial charge is 0.223 e. The fraction of sp³-hybridized carbons (Fsp3) is 0. The van der Waals surface area contributed by atoms with Crippen molar-refractivity contribution in [2.45, 2.75) is 0 Å². The molecule has 4 nitrogen and oxygen atoms in total. The number of fused-ring (bicyclic) bond motifs is 7. The number of hydrogen-bond donors (Lipinski definition) is 0. The van der Waals surface area contributed by atoms with Gasteiger partial charge in [0.15, 0.2) is 4.96 Å². The first-order valence-corrected chi connectivity index (χ1v) is 11.5. The number of benzene rings is 3. The number of thiazole rings is 1. The van der Waals surface area contributed by atoms with Crippen LogP contribution in [0.5, 0.6) is 0 Å². The highest BCUT2D eigenvalue weighted by atomic mass is 32.1. The highest BCUT2D eigenvalue weighted by Gasteiger charge is 2.20. The summed E-state index contributed by atoms with van der Waals surface area (Å²) in [6.07, 6.45) is 0. The second-order valence-electron chi connectivity index (χ2n) is 8.03. The standard InChI is InChI=1S/C27H14F2N4S/c28-22-13-12-17(26(29)31-22)15-6-5-7-16(14-15)23-25-24(18-8-1-2-9-19(18)30-23)32-27-33(25)20-10-3-4-11-21(20)34-27/h1-14H. The zero-order valence-corrected chi connectivity index (χ0v) is 18.4. The van der Waals surface area contributed by atoms with Gasteiger partial charge in [0.25, 0.3) is 0 Å². The quantitative estimate of drug-likeness (QED) is 0.253. The van der Waals surface area contributed by atoms with E-state index in [-0.39, 0.29) is 5.56 Å². The van der Waals surface area contributed by atoms with E-state index in [1.165, 1.54) is 6.07 Å². The van der Waals surface area contributed by atoms with E-state index in [4.69, 9.17) is 9.97 Å². The summed E-state index contributed by atoms with van der Waals surface area (Å²) in [6, 6.07) is 26.1. The summed E-state index contributed by atoms with van der Waals surface area (Å²) in [4.78, 5) is 14.3. The topological polar surface area (TPSA) is 43.1 Å². The molecule has 0 aliphatic rings. The first kappa shape index (κ1) is 19.3. The lowest BCUT2D eigenvalue weighted by atomic mass is 10.0. The van der Waals surface area contributed by atoms with E-state index in [1.54, 1.807) is 17.4 Å². The summed E-state index contributed by atoms with van der Waals surface area (Å²) in [5.41, 5.74) is 6.07. The van der Waals surface area contributed by atoms with Crippen LogP contribution in [0.2, 0.25) is 0 Å². The minimum atomic E-state index is -0.846. The van der Waals surface area contributed by atoms with Gasteiger partial charge in [-0.15, -0.1) is 0 Å². The Kier molecular flexibility index (Phi) is 4.04. The van der Waals surface area contributed by atoms with Gasteiger partial charge in [-0.3, -0.25) is 4.40 Å². The van der Waals surface area contributed by atoms with Crippen LogP contribution in [-0.2, 0) is 0 Å². The lowest BCUT2D eigenvalue weighted by molar-refractivity contribution is 0.515. The molecule has 4 aromatic heterocycles. The van der Waals surface area contributed by atoms with Crippen LogP contribution in [0.25, 0.3) is 59.5 Å². The molecule has 0 unspecified atom stereocenters. The molecule has 0 fully saturated rings. The van der Waals surface area contributed by atoms with Crippen molar-refractivity contribution in [1.82, 2.24) is 19.4 Å². The fourth-order valence-electron chi connectivity index (χ4n) is 4.53. The Morgan fingerprint density at radius 3 is 2.47 bits per heavy atom. The molecule has 7 heteroatoms. The van der Waals surface area contributed by atoms with Crippen LogP contribution in [0.3, 0.4) is 0 Å². The SMILES string of the molecule is Fc1ccc(-c2cccc(-c3nc4ccccc4c4nc5sc6ccccc6n5c34)c2)c(F)n1. The zero-order valence-electron chi connectivity index (χ0n) is 17.5. The summed E-state index contributed by atoms with van der Waals surface area (Å²) in [5, 5.41) is 0.978. The van der Waals surface area contributed by atoms with Crippen molar-refractivity contribution in [3.63, 3.8) is 0 Å². The summed E-state index contributed by atoms with van der Waals surface area (Å²) >= 11 is 1.63. The Labute approximate surface area is 195 Å². The molecule has 7 rings (SSSR count). The number of halogens is 2. The van der Waals surface area contributed by atoms with Crippen LogP contribution in [0.15, 0.2) is 84.9 Å². The Hall–Kier alpha value is -4.23. The molecule has 0 atom stereocenters. The minimum absolute atomic E-state index is 0.236. The number of aromatic nitrogens is 4. The number of imidazole rings is 1. The summed E-state index contributed by atoms with van der Waals surface area (Å²) in [7, 11) is 0. The maximum Gasteiger partial charge on any atom is 0.223 e. The maximum absolute atomic E-state index is 14.4. The molecule has 0 aliphatic carbocycles. The molecular formula is C27H14F2N4S. The number of hydrogen-bond acceptors (Lipinski definition) is 4. The Bertz CT molecular complexity index is 1900. The molecule has 4 heterocycles. The second-order valence-corrected chi connectivity index (χ2v) is 9.04. The monoisotopic (exact) mass is 464 g/mol. The van der Waals surface area contributed by atoms with E-state index < -0.39 is 11.9 Å². The van der Waals surface area contributed by atoms with E-state index in [1.807, 2.05) is 54.6 Å². The van der Waals surface area contributed by atoms with Crippen LogP contribution in [0.4, 0.5) is 8.78 Å². The van der Waals surface area contributed by atoms with E-state index >= 15 is 0 Å². The van der Waals surface area contributed by atoms with Crippen molar-refractivity contribution in [3.8, 4) is 22.4 Å². The van der Waals surface area contributed by atoms with Gasteiger partial charge in [0.1, 0.15) is 11.0 Å². The summed E-state index contributed by atoms with van der Waals surface area (Å²) in [6.45, 7) is 0. The van der Waals surface area contributed by atoms with Gasteiger partial charge in [-0.25, -0.2) is 9.97 Å². The minimum Gasteiger partial charge on any atom is -0.281 e. The Morgan fingerprint density at radius 1 is 0.735 bits per heavy atom. The van der Waals surface area contributed by atoms with Gasteiger partial charge in [0, 0.05) is 16.5 Å². The molecule has 0 saturated carbocycles. The molecule has 3 aromatic carbocycles. The molecule has 0 N–H and O–H groups in total. The zero-order chi connectivity index (χ0) is 22.8. The highest BCUT2D eigenvalue weighted by molar-refractivity contribution is 7.23. The second kappa shape index (κ2) is 7.13.